The lowest BCUT2D eigenvalue weighted by molar-refractivity contribution is -0.125. The molecule has 0 aliphatic carbocycles. The molecule has 3 rings (SSSR count). The Morgan fingerprint density at radius 2 is 1.79 bits per heavy atom. The average Bonchev–Trinajstić information content (AvgIpc) is 2.87. The summed E-state index contributed by atoms with van der Waals surface area (Å²) in [6.07, 6.45) is 0.785. The van der Waals surface area contributed by atoms with Crippen LogP contribution >= 0.6 is 0 Å². The fraction of sp³-hybridized carbons (Fsp3) is 0.438. The molecule has 2 N–H and O–H groups in total. The highest BCUT2D eigenvalue weighted by Crippen LogP contribution is 2.30. The number of hydrogen-bond donors (Lipinski definition) is 2. The number of methoxy groups -OCH3 is 2. The number of benzene rings is 1. The van der Waals surface area contributed by atoms with Crippen LogP contribution in [-0.2, 0) is 4.79 Å². The molecule has 2 aliphatic heterocycles. The first kappa shape index (κ1) is 16.1. The molecule has 1 spiro atoms. The summed E-state index contributed by atoms with van der Waals surface area (Å²) in [5, 5.41) is 4.94. The quantitative estimate of drug-likeness (QED) is 0.786. The Hall–Kier alpha value is -2.77. The third-order valence-electron chi connectivity index (χ3n) is 4.55. The third kappa shape index (κ3) is 2.64. The molecule has 0 bridgehead atoms. The molecule has 2 aliphatic rings. The van der Waals surface area contributed by atoms with Gasteiger partial charge in [0.15, 0.2) is 11.5 Å². The molecular formula is C16H19N3O5. The minimum absolute atomic E-state index is 0.143. The molecule has 8 heteroatoms. The summed E-state index contributed by atoms with van der Waals surface area (Å²) in [5.74, 6) is 0.581. The highest BCUT2D eigenvalue weighted by Gasteiger charge is 2.48. The Bertz CT molecular complexity index is 695. The van der Waals surface area contributed by atoms with Gasteiger partial charge in [0.1, 0.15) is 5.54 Å². The van der Waals surface area contributed by atoms with Gasteiger partial charge in [-0.3, -0.25) is 14.9 Å². The highest BCUT2D eigenvalue weighted by atomic mass is 16.5. The van der Waals surface area contributed by atoms with Crippen molar-refractivity contribution in [3.63, 3.8) is 0 Å². The number of rotatable bonds is 3. The smallest absolute Gasteiger partial charge is 0.322 e. The van der Waals surface area contributed by atoms with Gasteiger partial charge in [-0.1, -0.05) is 0 Å². The number of nitrogens with one attached hydrogen (secondary N) is 2. The lowest BCUT2D eigenvalue weighted by atomic mass is 9.87. The number of urea groups is 1. The first-order valence-electron chi connectivity index (χ1n) is 7.64. The summed E-state index contributed by atoms with van der Waals surface area (Å²) in [4.78, 5) is 37.6. The number of likely N-dealkylation sites (tertiary alicyclic amines) is 1. The molecule has 128 valence electrons. The molecule has 0 atom stereocenters. The van der Waals surface area contributed by atoms with E-state index in [0.29, 0.717) is 43.0 Å². The second-order valence-corrected chi connectivity index (χ2v) is 5.85. The second kappa shape index (κ2) is 6.03. The van der Waals surface area contributed by atoms with Crippen molar-refractivity contribution in [2.75, 3.05) is 27.3 Å². The van der Waals surface area contributed by atoms with E-state index >= 15 is 0 Å². The van der Waals surface area contributed by atoms with E-state index in [2.05, 4.69) is 10.6 Å². The normalized spacial score (nSPS) is 19.0. The highest BCUT2D eigenvalue weighted by molar-refractivity contribution is 6.07. The molecule has 2 saturated heterocycles. The first-order chi connectivity index (χ1) is 11.5. The number of hydrogen-bond acceptors (Lipinski definition) is 5. The third-order valence-corrected chi connectivity index (χ3v) is 4.55. The van der Waals surface area contributed by atoms with Crippen LogP contribution in [0.5, 0.6) is 11.5 Å². The number of carbonyl (C=O) groups is 3. The summed E-state index contributed by atoms with van der Waals surface area (Å²) in [7, 11) is 3.04. The van der Waals surface area contributed by atoms with Gasteiger partial charge in [-0.25, -0.2) is 4.79 Å². The molecule has 2 heterocycles. The zero-order chi connectivity index (χ0) is 17.3. The van der Waals surface area contributed by atoms with Crippen molar-refractivity contribution in [2.45, 2.75) is 18.4 Å². The molecule has 0 unspecified atom stereocenters. The molecule has 8 nitrogen and oxygen atoms in total. The van der Waals surface area contributed by atoms with Crippen molar-refractivity contribution < 1.29 is 23.9 Å². The maximum absolute atomic E-state index is 12.7. The molecule has 0 saturated carbocycles. The van der Waals surface area contributed by atoms with E-state index in [1.165, 1.54) is 14.2 Å². The number of ether oxygens (including phenoxy) is 2. The van der Waals surface area contributed by atoms with E-state index in [9.17, 15) is 14.4 Å². The minimum atomic E-state index is -0.883. The Labute approximate surface area is 139 Å². The van der Waals surface area contributed by atoms with Gasteiger partial charge < -0.3 is 19.7 Å². The second-order valence-electron chi connectivity index (χ2n) is 5.85. The Morgan fingerprint density at radius 1 is 1.12 bits per heavy atom. The minimum Gasteiger partial charge on any atom is -0.493 e. The van der Waals surface area contributed by atoms with Crippen molar-refractivity contribution in [3.05, 3.63) is 23.8 Å². The van der Waals surface area contributed by atoms with Crippen LogP contribution < -0.4 is 20.1 Å². The van der Waals surface area contributed by atoms with Crippen LogP contribution in [0, 0.1) is 0 Å². The zero-order valence-electron chi connectivity index (χ0n) is 13.5. The summed E-state index contributed by atoms with van der Waals surface area (Å²) in [6.45, 7) is 0.780. The topological polar surface area (TPSA) is 97.0 Å². The van der Waals surface area contributed by atoms with Crippen molar-refractivity contribution in [3.8, 4) is 11.5 Å². The number of amides is 4. The fourth-order valence-electron chi connectivity index (χ4n) is 3.12. The van der Waals surface area contributed by atoms with Crippen molar-refractivity contribution in [2.24, 2.45) is 0 Å². The van der Waals surface area contributed by atoms with Crippen LogP contribution in [0.25, 0.3) is 0 Å². The molecule has 1 aromatic carbocycles. The average molecular weight is 333 g/mol. The van der Waals surface area contributed by atoms with Gasteiger partial charge in [0.05, 0.1) is 14.2 Å². The number of imide groups is 1. The van der Waals surface area contributed by atoms with E-state index < -0.39 is 11.6 Å². The summed E-state index contributed by atoms with van der Waals surface area (Å²) < 4.78 is 10.4. The van der Waals surface area contributed by atoms with E-state index in [1.807, 2.05) is 0 Å². The van der Waals surface area contributed by atoms with Crippen molar-refractivity contribution in [1.29, 1.82) is 0 Å². The lowest BCUT2D eigenvalue weighted by Crippen LogP contribution is -2.55. The van der Waals surface area contributed by atoms with Crippen LogP contribution in [0.3, 0.4) is 0 Å². The van der Waals surface area contributed by atoms with Crippen molar-refractivity contribution in [1.82, 2.24) is 15.5 Å². The molecular weight excluding hydrogens is 314 g/mol. The van der Waals surface area contributed by atoms with Gasteiger partial charge in [0, 0.05) is 18.7 Å². The van der Waals surface area contributed by atoms with Gasteiger partial charge in [0.25, 0.3) is 11.8 Å². The van der Waals surface area contributed by atoms with Crippen LogP contribution in [0.15, 0.2) is 18.2 Å². The van der Waals surface area contributed by atoms with Gasteiger partial charge >= 0.3 is 6.03 Å². The lowest BCUT2D eigenvalue weighted by Gasteiger charge is -2.37. The molecule has 4 amide bonds. The SMILES string of the molecule is COc1ccc(C(=O)N2CCC3(CC2)NC(=O)NC3=O)cc1OC. The van der Waals surface area contributed by atoms with E-state index in [1.54, 1.807) is 23.1 Å². The van der Waals surface area contributed by atoms with Crippen LogP contribution in [0.4, 0.5) is 4.79 Å². The largest absolute Gasteiger partial charge is 0.493 e. The number of nitrogens with zero attached hydrogens (tertiary/aromatic N) is 1. The van der Waals surface area contributed by atoms with E-state index in [0.717, 1.165) is 0 Å². The predicted molar refractivity (Wildman–Crippen MR) is 84.1 cm³/mol. The molecule has 1 aromatic rings. The maximum atomic E-state index is 12.7. The Morgan fingerprint density at radius 3 is 2.33 bits per heavy atom. The number of piperidine rings is 1. The summed E-state index contributed by atoms with van der Waals surface area (Å²) in [5.41, 5.74) is -0.394. The van der Waals surface area contributed by atoms with E-state index in [4.69, 9.17) is 9.47 Å². The maximum Gasteiger partial charge on any atom is 0.322 e. The Balaban J connectivity index is 1.72. The zero-order valence-corrected chi connectivity index (χ0v) is 13.5. The molecule has 2 fully saturated rings. The Kier molecular flexibility index (Phi) is 4.04. The molecule has 24 heavy (non-hydrogen) atoms. The van der Waals surface area contributed by atoms with Gasteiger partial charge in [-0.2, -0.15) is 0 Å². The van der Waals surface area contributed by atoms with Crippen LogP contribution in [-0.4, -0.2) is 55.6 Å². The first-order valence-corrected chi connectivity index (χ1v) is 7.64. The van der Waals surface area contributed by atoms with E-state index in [-0.39, 0.29) is 11.8 Å². The molecule has 0 radical (unpaired) electrons. The summed E-state index contributed by atoms with van der Waals surface area (Å²) >= 11 is 0. The summed E-state index contributed by atoms with van der Waals surface area (Å²) in [6, 6.07) is 4.52. The van der Waals surface area contributed by atoms with Crippen LogP contribution in [0.2, 0.25) is 0 Å². The fourth-order valence-corrected chi connectivity index (χ4v) is 3.12. The van der Waals surface area contributed by atoms with Gasteiger partial charge in [-0.05, 0) is 31.0 Å². The molecule has 0 aromatic heterocycles. The van der Waals surface area contributed by atoms with Crippen LogP contribution in [0.1, 0.15) is 23.2 Å². The van der Waals surface area contributed by atoms with Crippen molar-refractivity contribution >= 4 is 17.8 Å². The van der Waals surface area contributed by atoms with Gasteiger partial charge in [-0.15, -0.1) is 0 Å². The van der Waals surface area contributed by atoms with Gasteiger partial charge in [0.2, 0.25) is 0 Å². The standard InChI is InChI=1S/C16H19N3O5/c1-23-11-4-3-10(9-12(11)24-2)13(20)19-7-5-16(6-8-19)14(21)17-15(22)18-16/h3-4,9H,5-8H2,1-2H3,(H2,17,18,21,22). The monoisotopic (exact) mass is 333 g/mol. The predicted octanol–water partition coefficient (Wildman–Crippen LogP) is 0.518. The number of carbonyl (C=O) groups excluding carboxylic acids is 3.